The zero-order valence-electron chi connectivity index (χ0n) is 13.0. The van der Waals surface area contributed by atoms with E-state index < -0.39 is 11.9 Å². The topological polar surface area (TPSA) is 129 Å². The molecule has 4 rings (SSSR count). The molecular weight excluding hydrogens is 340 g/mol. The van der Waals surface area contributed by atoms with Crippen molar-refractivity contribution in [1.29, 1.82) is 0 Å². The summed E-state index contributed by atoms with van der Waals surface area (Å²) in [7, 11) is 0. The zero-order chi connectivity index (χ0) is 17.6. The second-order valence-electron chi connectivity index (χ2n) is 5.59. The number of nitrogens with two attached hydrogens (primary N) is 2. The number of nitrogens with zero attached hydrogens (tertiary/aromatic N) is 3. The number of urea groups is 1. The summed E-state index contributed by atoms with van der Waals surface area (Å²) in [5, 5.41) is 7.47. The number of nitrogens with one attached hydrogen (secondary N) is 1. The Morgan fingerprint density at radius 3 is 2.76 bits per heavy atom. The van der Waals surface area contributed by atoms with Gasteiger partial charge in [-0.3, -0.25) is 10.1 Å². The molecule has 25 heavy (non-hydrogen) atoms. The Labute approximate surface area is 146 Å². The lowest BCUT2D eigenvalue weighted by Gasteiger charge is -2.11. The molecule has 0 unspecified atom stereocenters. The number of fused-ring (bicyclic) bond motifs is 3. The molecule has 0 saturated heterocycles. The van der Waals surface area contributed by atoms with Crippen molar-refractivity contribution in [2.75, 3.05) is 5.32 Å². The number of pyridine rings is 1. The Bertz CT molecular complexity index is 992. The summed E-state index contributed by atoms with van der Waals surface area (Å²) in [6.45, 7) is 0. The van der Waals surface area contributed by atoms with E-state index in [1.54, 1.807) is 10.9 Å². The van der Waals surface area contributed by atoms with Gasteiger partial charge in [-0.25, -0.2) is 14.5 Å². The molecule has 0 spiro atoms. The molecule has 8 nitrogen and oxygen atoms in total. The molecule has 3 heterocycles. The maximum absolute atomic E-state index is 11.9. The Morgan fingerprint density at radius 2 is 2.08 bits per heavy atom. The summed E-state index contributed by atoms with van der Waals surface area (Å²) >= 11 is 1.28. The predicted molar refractivity (Wildman–Crippen MR) is 93.8 cm³/mol. The number of hydrogen-bond acceptors (Lipinski definition) is 5. The first-order chi connectivity index (χ1) is 12.0. The van der Waals surface area contributed by atoms with Gasteiger partial charge < -0.3 is 11.5 Å². The molecule has 5 N–H and O–H groups in total. The van der Waals surface area contributed by atoms with Gasteiger partial charge in [-0.2, -0.15) is 5.10 Å². The van der Waals surface area contributed by atoms with Crippen LogP contribution in [0.5, 0.6) is 0 Å². The number of hydrogen-bond donors (Lipinski definition) is 3. The summed E-state index contributed by atoms with van der Waals surface area (Å²) < 4.78 is 1.71. The number of anilines is 1. The summed E-state index contributed by atoms with van der Waals surface area (Å²) in [5.74, 6) is 0.127. The fourth-order valence-corrected chi connectivity index (χ4v) is 4.31. The molecule has 3 amide bonds. The van der Waals surface area contributed by atoms with Crippen molar-refractivity contribution < 1.29 is 9.59 Å². The summed E-state index contributed by atoms with van der Waals surface area (Å²) in [6, 6.07) is 4.86. The standard InChI is InChI=1S/C16H14N6O2S/c17-14(23)12-8-4-5-10-9(13(8)25-15(12)20-16(18)24)7-22(21-10)11-3-1-2-6-19-11/h1-3,6-7H,4-5H2,(H2,17,23)(H3,18,20,24). The first kappa shape index (κ1) is 15.3. The molecular formula is C16H14N6O2S. The van der Waals surface area contributed by atoms with Crippen LogP contribution in [0, 0.1) is 0 Å². The van der Waals surface area contributed by atoms with Crippen LogP contribution in [0.2, 0.25) is 0 Å². The van der Waals surface area contributed by atoms with Crippen LogP contribution >= 0.6 is 11.3 Å². The SMILES string of the molecule is NC(=O)Nc1sc2c(c1C(N)=O)CCc1nn(-c3ccccn3)cc1-2. The highest BCUT2D eigenvalue weighted by Gasteiger charge is 2.29. The highest BCUT2D eigenvalue weighted by molar-refractivity contribution is 7.20. The van der Waals surface area contributed by atoms with E-state index in [1.807, 2.05) is 24.4 Å². The Balaban J connectivity index is 1.85. The van der Waals surface area contributed by atoms with E-state index >= 15 is 0 Å². The van der Waals surface area contributed by atoms with Crippen molar-refractivity contribution in [1.82, 2.24) is 14.8 Å². The van der Waals surface area contributed by atoms with Gasteiger partial charge in [0.1, 0.15) is 5.00 Å². The predicted octanol–water partition coefficient (Wildman–Crippen LogP) is 1.68. The molecule has 3 aromatic rings. The van der Waals surface area contributed by atoms with Gasteiger partial charge in [0.25, 0.3) is 5.91 Å². The minimum atomic E-state index is -0.731. The van der Waals surface area contributed by atoms with Crippen LogP contribution in [-0.2, 0) is 12.8 Å². The van der Waals surface area contributed by atoms with Crippen LogP contribution < -0.4 is 16.8 Å². The summed E-state index contributed by atoms with van der Waals surface area (Å²) in [5.41, 5.74) is 13.7. The molecule has 1 aliphatic carbocycles. The molecule has 0 bridgehead atoms. The molecule has 0 atom stereocenters. The number of amides is 3. The number of primary amides is 2. The zero-order valence-corrected chi connectivity index (χ0v) is 13.8. The van der Waals surface area contributed by atoms with Crippen molar-refractivity contribution in [3.8, 4) is 16.3 Å². The molecule has 0 saturated carbocycles. The third kappa shape index (κ3) is 2.54. The van der Waals surface area contributed by atoms with Gasteiger partial charge in [0.05, 0.1) is 11.3 Å². The lowest BCUT2D eigenvalue weighted by molar-refractivity contribution is 0.100. The molecule has 0 aromatic carbocycles. The van der Waals surface area contributed by atoms with Gasteiger partial charge in [0.2, 0.25) is 0 Å². The quantitative estimate of drug-likeness (QED) is 0.661. The Hall–Kier alpha value is -3.20. The number of thiophene rings is 1. The lowest BCUT2D eigenvalue weighted by atomic mass is 9.94. The number of aromatic nitrogens is 3. The highest BCUT2D eigenvalue weighted by atomic mass is 32.1. The van der Waals surface area contributed by atoms with Gasteiger partial charge in [-0.05, 0) is 30.5 Å². The van der Waals surface area contributed by atoms with Crippen LogP contribution in [0.1, 0.15) is 21.6 Å². The van der Waals surface area contributed by atoms with Crippen LogP contribution in [0.15, 0.2) is 30.6 Å². The normalized spacial score (nSPS) is 12.3. The third-order valence-electron chi connectivity index (χ3n) is 4.02. The van der Waals surface area contributed by atoms with Crippen LogP contribution in [0.25, 0.3) is 16.3 Å². The van der Waals surface area contributed by atoms with E-state index in [9.17, 15) is 9.59 Å². The van der Waals surface area contributed by atoms with Crippen LogP contribution in [0.3, 0.4) is 0 Å². The van der Waals surface area contributed by atoms with Crippen LogP contribution in [-0.4, -0.2) is 26.7 Å². The average Bonchev–Trinajstić information content (AvgIpc) is 3.15. The van der Waals surface area contributed by atoms with Crippen molar-refractivity contribution in [2.45, 2.75) is 12.8 Å². The smallest absolute Gasteiger partial charge is 0.317 e. The Kier molecular flexibility index (Phi) is 3.50. The molecule has 0 aliphatic heterocycles. The van der Waals surface area contributed by atoms with Gasteiger partial charge >= 0.3 is 6.03 Å². The van der Waals surface area contributed by atoms with E-state index in [4.69, 9.17) is 11.5 Å². The summed E-state index contributed by atoms with van der Waals surface area (Å²) in [4.78, 5) is 28.3. The van der Waals surface area contributed by atoms with E-state index in [2.05, 4.69) is 15.4 Å². The molecule has 0 fully saturated rings. The molecule has 3 aromatic heterocycles. The van der Waals surface area contributed by atoms with E-state index in [0.29, 0.717) is 29.2 Å². The van der Waals surface area contributed by atoms with Crippen molar-refractivity contribution in [3.63, 3.8) is 0 Å². The molecule has 1 aliphatic rings. The number of carbonyl (C=O) groups excluding carboxylic acids is 2. The Morgan fingerprint density at radius 1 is 1.24 bits per heavy atom. The van der Waals surface area contributed by atoms with Gasteiger partial charge in [-0.15, -0.1) is 11.3 Å². The third-order valence-corrected chi connectivity index (χ3v) is 5.20. The minimum absolute atomic E-state index is 0.329. The monoisotopic (exact) mass is 354 g/mol. The van der Waals surface area contributed by atoms with Gasteiger partial charge in [-0.1, -0.05) is 6.07 Å². The van der Waals surface area contributed by atoms with Crippen molar-refractivity contribution in [2.24, 2.45) is 11.5 Å². The maximum Gasteiger partial charge on any atom is 0.317 e. The fourth-order valence-electron chi connectivity index (χ4n) is 3.02. The molecule has 126 valence electrons. The van der Waals surface area contributed by atoms with E-state index in [1.165, 1.54) is 11.3 Å². The van der Waals surface area contributed by atoms with E-state index in [-0.39, 0.29) is 0 Å². The molecule has 9 heteroatoms. The summed E-state index contributed by atoms with van der Waals surface area (Å²) in [6.07, 6.45) is 4.88. The first-order valence-corrected chi connectivity index (χ1v) is 8.38. The number of rotatable bonds is 3. The van der Waals surface area contributed by atoms with E-state index in [0.717, 1.165) is 21.7 Å². The lowest BCUT2D eigenvalue weighted by Crippen LogP contribution is -2.22. The minimum Gasteiger partial charge on any atom is -0.365 e. The average molecular weight is 354 g/mol. The maximum atomic E-state index is 11.9. The van der Waals surface area contributed by atoms with Crippen molar-refractivity contribution >= 4 is 28.3 Å². The largest absolute Gasteiger partial charge is 0.365 e. The second kappa shape index (κ2) is 5.71. The number of aryl methyl sites for hydroxylation is 1. The van der Waals surface area contributed by atoms with Gasteiger partial charge in [0.15, 0.2) is 5.82 Å². The molecule has 0 radical (unpaired) electrons. The van der Waals surface area contributed by atoms with Crippen LogP contribution in [0.4, 0.5) is 9.80 Å². The van der Waals surface area contributed by atoms with Crippen molar-refractivity contribution in [3.05, 3.63) is 47.4 Å². The first-order valence-electron chi connectivity index (χ1n) is 7.57. The van der Waals surface area contributed by atoms with Gasteiger partial charge in [0, 0.05) is 22.8 Å². The fraction of sp³-hybridized carbons (Fsp3) is 0.125. The second-order valence-corrected chi connectivity index (χ2v) is 6.61. The highest BCUT2D eigenvalue weighted by Crippen LogP contribution is 2.44. The number of carbonyl (C=O) groups is 2.